The van der Waals surface area contributed by atoms with Gasteiger partial charge < -0.3 is 19.4 Å². The summed E-state index contributed by atoms with van der Waals surface area (Å²) < 4.78 is 12.8. The van der Waals surface area contributed by atoms with Crippen LogP contribution in [0.4, 0.5) is 11.4 Å². The molecule has 11 heteroatoms. The SMILES string of the molecule is COc1ncc(-c2nc3c(n2C2CC2)C2(C(=O)Nc4cc(Cl)ccc42)N(c2cc(C)ccc2C)C3=O)c(OC)n1. The Balaban J connectivity index is 1.57. The number of aryl methyl sites for hydroxylation is 2. The first-order valence-corrected chi connectivity index (χ1v) is 13.3. The van der Waals surface area contributed by atoms with Gasteiger partial charge in [-0.25, -0.2) is 9.97 Å². The summed E-state index contributed by atoms with van der Waals surface area (Å²) in [6.07, 6.45) is 3.32. The van der Waals surface area contributed by atoms with Gasteiger partial charge in [-0.3, -0.25) is 14.5 Å². The number of aromatic nitrogens is 4. The maximum absolute atomic E-state index is 14.5. The number of carbonyl (C=O) groups is 2. The zero-order valence-corrected chi connectivity index (χ0v) is 23.0. The van der Waals surface area contributed by atoms with Crippen LogP contribution in [0.15, 0.2) is 42.6 Å². The van der Waals surface area contributed by atoms with E-state index in [1.54, 1.807) is 23.2 Å². The summed E-state index contributed by atoms with van der Waals surface area (Å²) >= 11 is 6.34. The number of nitrogens with one attached hydrogen (secondary N) is 1. The quantitative estimate of drug-likeness (QED) is 0.375. The van der Waals surface area contributed by atoms with Gasteiger partial charge in [0.1, 0.15) is 5.82 Å². The Bertz CT molecular complexity index is 1760. The third-order valence-electron chi connectivity index (χ3n) is 7.81. The molecule has 4 heterocycles. The molecule has 40 heavy (non-hydrogen) atoms. The van der Waals surface area contributed by atoms with Crippen LogP contribution in [0.5, 0.6) is 11.9 Å². The van der Waals surface area contributed by atoms with Crippen LogP contribution in [-0.2, 0) is 10.3 Å². The summed E-state index contributed by atoms with van der Waals surface area (Å²) in [5, 5.41) is 3.50. The summed E-state index contributed by atoms with van der Waals surface area (Å²) in [6, 6.07) is 11.3. The lowest BCUT2D eigenvalue weighted by Crippen LogP contribution is -2.51. The molecule has 1 aliphatic carbocycles. The van der Waals surface area contributed by atoms with Gasteiger partial charge in [-0.2, -0.15) is 4.98 Å². The molecule has 2 aromatic carbocycles. The summed E-state index contributed by atoms with van der Waals surface area (Å²) in [5.74, 6) is 0.0173. The Hall–Kier alpha value is -4.44. The molecule has 1 fully saturated rings. The third kappa shape index (κ3) is 3.19. The minimum Gasteiger partial charge on any atom is -0.480 e. The number of halogens is 1. The molecule has 0 radical (unpaired) electrons. The minimum atomic E-state index is -1.50. The van der Waals surface area contributed by atoms with Gasteiger partial charge in [0.05, 0.1) is 25.5 Å². The van der Waals surface area contributed by atoms with E-state index in [4.69, 9.17) is 26.1 Å². The standard InChI is InChI=1S/C29H25ClN6O4/c1-14-5-6-15(2)21(11-14)36-26(37)22-23(29(36)19-10-7-16(30)12-20(19)32-27(29)38)35(17-8-9-17)24(33-22)18-13-31-28(40-4)34-25(18)39-3/h5-7,10-13,17H,8-9H2,1-4H3,(H,32,38). The molecule has 1 N–H and O–H groups in total. The fourth-order valence-corrected chi connectivity index (χ4v) is 6.08. The van der Waals surface area contributed by atoms with Crippen LogP contribution in [0.3, 0.4) is 0 Å². The Labute approximate surface area is 234 Å². The van der Waals surface area contributed by atoms with Crippen molar-refractivity contribution >= 4 is 34.8 Å². The van der Waals surface area contributed by atoms with Gasteiger partial charge in [-0.05, 0) is 56.0 Å². The molecule has 0 saturated heterocycles. The molecule has 3 aliphatic rings. The number of nitrogens with zero attached hydrogens (tertiary/aromatic N) is 5. The van der Waals surface area contributed by atoms with Gasteiger partial charge in [-0.1, -0.05) is 29.8 Å². The van der Waals surface area contributed by atoms with E-state index < -0.39 is 5.54 Å². The van der Waals surface area contributed by atoms with E-state index in [1.807, 2.05) is 42.7 Å². The lowest BCUT2D eigenvalue weighted by atomic mass is 9.86. The number of fused-ring (bicyclic) bond motifs is 4. The molecular weight excluding hydrogens is 532 g/mol. The number of hydrogen-bond donors (Lipinski definition) is 1. The maximum atomic E-state index is 14.5. The number of benzene rings is 2. The number of rotatable bonds is 5. The second-order valence-corrected chi connectivity index (χ2v) is 10.7. The molecule has 7 rings (SSSR count). The average molecular weight is 557 g/mol. The van der Waals surface area contributed by atoms with Crippen molar-refractivity contribution in [3.05, 3.63) is 75.7 Å². The van der Waals surface area contributed by atoms with Crippen LogP contribution in [0.2, 0.25) is 5.02 Å². The summed E-state index contributed by atoms with van der Waals surface area (Å²) in [5.41, 5.74) is 3.40. The Morgan fingerprint density at radius 3 is 2.58 bits per heavy atom. The highest BCUT2D eigenvalue weighted by Crippen LogP contribution is 2.56. The first-order chi connectivity index (χ1) is 19.3. The predicted molar refractivity (Wildman–Crippen MR) is 148 cm³/mol. The number of hydrogen-bond acceptors (Lipinski definition) is 7. The fraction of sp³-hybridized carbons (Fsp3) is 0.276. The Kier molecular flexibility index (Phi) is 5.24. The number of anilines is 2. The molecule has 1 spiro atoms. The first-order valence-electron chi connectivity index (χ1n) is 12.9. The number of carbonyl (C=O) groups excluding carboxylic acids is 2. The minimum absolute atomic E-state index is 0.0328. The van der Waals surface area contributed by atoms with Gasteiger partial charge in [0.2, 0.25) is 5.88 Å². The maximum Gasteiger partial charge on any atom is 0.319 e. The smallest absolute Gasteiger partial charge is 0.319 e. The first kappa shape index (κ1) is 24.6. The highest BCUT2D eigenvalue weighted by molar-refractivity contribution is 6.31. The third-order valence-corrected chi connectivity index (χ3v) is 8.04. The van der Waals surface area contributed by atoms with E-state index in [9.17, 15) is 9.59 Å². The van der Waals surface area contributed by atoms with Gasteiger partial charge in [0.25, 0.3) is 11.8 Å². The van der Waals surface area contributed by atoms with Crippen molar-refractivity contribution in [1.82, 2.24) is 19.5 Å². The highest BCUT2D eigenvalue weighted by Gasteiger charge is 2.65. The van der Waals surface area contributed by atoms with E-state index in [0.717, 1.165) is 24.0 Å². The average Bonchev–Trinajstić information content (AvgIpc) is 3.58. The van der Waals surface area contributed by atoms with Crippen LogP contribution < -0.4 is 19.7 Å². The van der Waals surface area contributed by atoms with E-state index in [0.29, 0.717) is 39.0 Å². The predicted octanol–water partition coefficient (Wildman–Crippen LogP) is 4.82. The van der Waals surface area contributed by atoms with Crippen molar-refractivity contribution < 1.29 is 19.1 Å². The van der Waals surface area contributed by atoms with Crippen molar-refractivity contribution in [3.8, 4) is 23.3 Å². The molecule has 10 nitrogen and oxygen atoms in total. The van der Waals surface area contributed by atoms with Crippen molar-refractivity contribution in [2.75, 3.05) is 24.4 Å². The zero-order valence-electron chi connectivity index (χ0n) is 22.3. The van der Waals surface area contributed by atoms with E-state index in [2.05, 4.69) is 15.3 Å². The monoisotopic (exact) mass is 556 g/mol. The summed E-state index contributed by atoms with van der Waals surface area (Å²) in [4.78, 5) is 44.0. The summed E-state index contributed by atoms with van der Waals surface area (Å²) in [7, 11) is 2.98. The molecule has 202 valence electrons. The van der Waals surface area contributed by atoms with Crippen molar-refractivity contribution in [2.24, 2.45) is 0 Å². The molecule has 0 bridgehead atoms. The second kappa shape index (κ2) is 8.53. The normalized spacial score (nSPS) is 19.2. The highest BCUT2D eigenvalue weighted by atomic mass is 35.5. The molecule has 1 unspecified atom stereocenters. The molecule has 2 amide bonds. The van der Waals surface area contributed by atoms with Crippen LogP contribution >= 0.6 is 11.6 Å². The second-order valence-electron chi connectivity index (χ2n) is 10.3. The van der Waals surface area contributed by atoms with Crippen molar-refractivity contribution in [2.45, 2.75) is 38.3 Å². The molecule has 1 atom stereocenters. The Morgan fingerprint density at radius 2 is 1.85 bits per heavy atom. The Morgan fingerprint density at radius 1 is 1.05 bits per heavy atom. The lowest BCUT2D eigenvalue weighted by Gasteiger charge is -2.36. The van der Waals surface area contributed by atoms with Crippen LogP contribution in [0.25, 0.3) is 11.4 Å². The van der Waals surface area contributed by atoms with Gasteiger partial charge >= 0.3 is 6.01 Å². The van der Waals surface area contributed by atoms with Crippen LogP contribution in [-0.4, -0.2) is 45.6 Å². The van der Waals surface area contributed by atoms with E-state index >= 15 is 0 Å². The molecule has 1 saturated carbocycles. The van der Waals surface area contributed by atoms with Crippen LogP contribution in [0, 0.1) is 13.8 Å². The van der Waals surface area contributed by atoms with Gasteiger partial charge in [0.15, 0.2) is 11.2 Å². The molecule has 2 aliphatic heterocycles. The molecule has 4 aromatic rings. The topological polar surface area (TPSA) is 111 Å². The number of amides is 2. The number of ether oxygens (including phenoxy) is 2. The zero-order chi connectivity index (χ0) is 27.9. The van der Waals surface area contributed by atoms with Crippen molar-refractivity contribution in [1.29, 1.82) is 0 Å². The van der Waals surface area contributed by atoms with E-state index in [-0.39, 0.29) is 35.4 Å². The largest absolute Gasteiger partial charge is 0.480 e. The fourth-order valence-electron chi connectivity index (χ4n) is 5.91. The van der Waals surface area contributed by atoms with Gasteiger partial charge in [-0.15, -0.1) is 0 Å². The van der Waals surface area contributed by atoms with Crippen LogP contribution in [0.1, 0.15) is 51.8 Å². The van der Waals surface area contributed by atoms with Gasteiger partial charge in [0, 0.05) is 34.2 Å². The number of imidazole rings is 1. The lowest BCUT2D eigenvalue weighted by molar-refractivity contribution is -0.119. The number of methoxy groups -OCH3 is 2. The van der Waals surface area contributed by atoms with E-state index in [1.165, 1.54) is 14.2 Å². The molecule has 2 aromatic heterocycles. The summed E-state index contributed by atoms with van der Waals surface area (Å²) in [6.45, 7) is 3.89. The molecular formula is C29H25ClN6O4. The van der Waals surface area contributed by atoms with Crippen molar-refractivity contribution in [3.63, 3.8) is 0 Å².